The summed E-state index contributed by atoms with van der Waals surface area (Å²) in [6.07, 6.45) is 0. The number of aromatic hydroxyl groups is 1. The zero-order valence-electron chi connectivity index (χ0n) is 63.4. The van der Waals surface area contributed by atoms with Crippen LogP contribution in [0.2, 0.25) is 0 Å². The second-order valence-corrected chi connectivity index (χ2v) is 34.3. The molecule has 0 saturated carbocycles. The average molecular weight is 1600 g/mol. The predicted octanol–water partition coefficient (Wildman–Crippen LogP) is 24.1. The van der Waals surface area contributed by atoms with Crippen molar-refractivity contribution in [3.05, 3.63) is 255 Å². The average Bonchev–Trinajstić information content (AvgIpc) is 1.60. The molecule has 3 saturated heterocycles. The van der Waals surface area contributed by atoms with E-state index < -0.39 is 17.3 Å². The normalized spacial score (nSPS) is 16.3. The summed E-state index contributed by atoms with van der Waals surface area (Å²) in [6, 6.07) is 69.0. The van der Waals surface area contributed by atoms with Crippen LogP contribution in [-0.4, -0.2) is 63.1 Å². The summed E-state index contributed by atoms with van der Waals surface area (Å²) in [7, 11) is -1.30. The van der Waals surface area contributed by atoms with Crippen LogP contribution in [0.5, 0.6) is 23.0 Å². The van der Waals surface area contributed by atoms with Gasteiger partial charge < -0.3 is 47.2 Å². The van der Waals surface area contributed by atoms with Crippen molar-refractivity contribution in [1.82, 2.24) is 0 Å². The molecule has 0 radical (unpaired) electrons. The van der Waals surface area contributed by atoms with E-state index >= 15 is 0 Å². The molecule has 0 aromatic heterocycles. The maximum atomic E-state index is 9.06. The number of hydrogen-bond donors (Lipinski definition) is 1. The Balaban J connectivity index is 0.000000224. The van der Waals surface area contributed by atoms with E-state index in [4.69, 9.17) is 93.6 Å². The van der Waals surface area contributed by atoms with Crippen molar-refractivity contribution in [2.24, 2.45) is 0 Å². The molecule has 102 heavy (non-hydrogen) atoms. The maximum absolute atomic E-state index is 9.06. The highest BCUT2D eigenvalue weighted by molar-refractivity contribution is 9.10. The number of rotatable bonds is 16. The molecule has 0 unspecified atom stereocenters. The van der Waals surface area contributed by atoms with E-state index in [-0.39, 0.29) is 40.7 Å². The van der Waals surface area contributed by atoms with Crippen LogP contribution >= 0.6 is 78.3 Å². The number of benzene rings is 8. The van der Waals surface area contributed by atoms with Crippen LogP contribution < -0.4 is 19.7 Å². The molecule has 3 aliphatic heterocycles. The number of alkyl halides is 5. The smallest absolute Gasteiger partial charge is 0.495 e. The van der Waals surface area contributed by atoms with Crippen LogP contribution in [0.1, 0.15) is 207 Å². The standard InChI is InChI=1S/C22H29BO3.C16H17BrO.C16H18O.C12H24B2O4.C9H12O.C7H7Br.CCl4/c1-16(2)19-14-18(24-15-17-10-8-7-9-11-17)12-13-20(19)23-25-21(3,4)22(5,6)26-23;1-12(2)15-10-14(8-9-16(15)17)18-11-13-6-4-3-5-7-13;1-13(2)15-9-6-10-16(11-15)17-12-14-7-4-3-5-8-14;1-9(2)10(3,4)16-13(15-9)14-17-11(5,6)12(7,8)18-14;1-7(2)8-4-3-5-9(10)6-8;8-6-7-4-2-1-3-5-7;2-1(3,4)5/h7-14,16H,15H2,1-6H3;3-10,12H,11H2,1-2H3;3-11,13H,12H2,1-2H3;1-8H3;3-7,10H,1-2H3;1-5H,6H2;. The largest absolute Gasteiger partial charge is 0.508 e. The highest BCUT2D eigenvalue weighted by atomic mass is 79.9. The first kappa shape index (κ1) is 87.7. The van der Waals surface area contributed by atoms with Crippen molar-refractivity contribution in [1.29, 1.82) is 0 Å². The van der Waals surface area contributed by atoms with Crippen molar-refractivity contribution < 1.29 is 47.2 Å². The van der Waals surface area contributed by atoms with Crippen LogP contribution in [0, 0.1) is 0 Å². The fourth-order valence-electron chi connectivity index (χ4n) is 10.0. The van der Waals surface area contributed by atoms with Gasteiger partial charge in [0.15, 0.2) is 0 Å². The van der Waals surface area contributed by atoms with Crippen molar-refractivity contribution in [2.75, 3.05) is 0 Å². The van der Waals surface area contributed by atoms with E-state index in [0.29, 0.717) is 49.2 Å². The second kappa shape index (κ2) is 40.1. The van der Waals surface area contributed by atoms with Crippen molar-refractivity contribution in [3.8, 4) is 23.0 Å². The zero-order valence-corrected chi connectivity index (χ0v) is 69.6. The van der Waals surface area contributed by atoms with Gasteiger partial charge in [0.2, 0.25) is 0 Å². The Morgan fingerprint density at radius 1 is 0.373 bits per heavy atom. The summed E-state index contributed by atoms with van der Waals surface area (Å²) in [6.45, 7) is 43.7. The first-order chi connectivity index (χ1) is 47.6. The second-order valence-electron chi connectivity index (χ2n) is 29.5. The van der Waals surface area contributed by atoms with Crippen LogP contribution in [-0.2, 0) is 53.1 Å². The first-order valence-electron chi connectivity index (χ1n) is 34.9. The predicted molar refractivity (Wildman–Crippen MR) is 437 cm³/mol. The molecule has 0 atom stereocenters. The van der Waals surface area contributed by atoms with Crippen LogP contribution in [0.15, 0.2) is 211 Å². The lowest BCUT2D eigenvalue weighted by Gasteiger charge is -2.32. The molecule has 8 aromatic rings. The molecule has 0 bridgehead atoms. The molecule has 0 spiro atoms. The summed E-state index contributed by atoms with van der Waals surface area (Å²) in [5.41, 5.74) is 8.82. The topological polar surface area (TPSA) is 103 Å². The molecule has 3 fully saturated rings. The first-order valence-corrected chi connectivity index (χ1v) is 38.3. The van der Waals surface area contributed by atoms with Gasteiger partial charge >= 0.3 is 21.1 Å². The van der Waals surface area contributed by atoms with Gasteiger partial charge in [0, 0.05) is 9.80 Å². The summed E-state index contributed by atoms with van der Waals surface area (Å²) >= 11 is 26.2. The lowest BCUT2D eigenvalue weighted by Crippen LogP contribution is -2.41. The molecule has 0 amide bonds. The number of ether oxygens (including phenoxy) is 3. The van der Waals surface area contributed by atoms with Gasteiger partial charge in [-0.2, -0.15) is 0 Å². The van der Waals surface area contributed by atoms with Crippen molar-refractivity contribution in [3.63, 3.8) is 0 Å². The van der Waals surface area contributed by atoms with Gasteiger partial charge in [-0.1, -0.05) is 285 Å². The van der Waals surface area contributed by atoms with Crippen molar-refractivity contribution in [2.45, 2.75) is 224 Å². The fraction of sp³-hybridized carbons (Fsp3) is 0.422. The molecule has 10 nitrogen and oxygen atoms in total. The lowest BCUT2D eigenvalue weighted by atomic mass is 9.49. The Morgan fingerprint density at radius 3 is 1.01 bits per heavy atom. The van der Waals surface area contributed by atoms with Crippen LogP contribution in [0.3, 0.4) is 0 Å². The third kappa shape index (κ3) is 28.7. The molecule has 0 aliphatic carbocycles. The molecule has 19 heteroatoms. The van der Waals surface area contributed by atoms with E-state index in [0.717, 1.165) is 38.1 Å². The number of phenols is 1. The molecule has 3 heterocycles. The Hall–Kier alpha value is -4.97. The fourth-order valence-corrected chi connectivity index (χ4v) is 11.1. The van der Waals surface area contributed by atoms with E-state index in [1.165, 1.54) is 38.9 Å². The minimum atomic E-state index is -1.61. The molecule has 1 N–H and O–H groups in total. The summed E-state index contributed by atoms with van der Waals surface area (Å²) < 4.78 is 53.5. The van der Waals surface area contributed by atoms with E-state index in [1.54, 1.807) is 12.1 Å². The number of halogens is 6. The maximum Gasteiger partial charge on any atom is 0.495 e. The molecule has 8 aromatic carbocycles. The quantitative estimate of drug-likeness (QED) is 0.0743. The van der Waals surface area contributed by atoms with Gasteiger partial charge in [0.1, 0.15) is 42.8 Å². The van der Waals surface area contributed by atoms with E-state index in [9.17, 15) is 0 Å². The summed E-state index contributed by atoms with van der Waals surface area (Å²) in [5, 5.41) is 10.0. The molecular formula is C83H107B3Br2Cl4O10. The van der Waals surface area contributed by atoms with E-state index in [1.807, 2.05) is 159 Å². The Morgan fingerprint density at radius 2 is 0.686 bits per heavy atom. The lowest BCUT2D eigenvalue weighted by molar-refractivity contribution is 0.00578. The van der Waals surface area contributed by atoms with E-state index in [2.05, 4.69) is 206 Å². The Labute approximate surface area is 649 Å². The van der Waals surface area contributed by atoms with Gasteiger partial charge in [0.05, 0.1) is 33.6 Å². The van der Waals surface area contributed by atoms with Gasteiger partial charge in [-0.25, -0.2) is 0 Å². The van der Waals surface area contributed by atoms with Gasteiger partial charge in [-0.3, -0.25) is 0 Å². The summed E-state index contributed by atoms with van der Waals surface area (Å²) in [5.74, 6) is 4.96. The monoisotopic (exact) mass is 1590 g/mol. The Kier molecular flexibility index (Phi) is 34.5. The number of hydrogen-bond acceptors (Lipinski definition) is 10. The minimum absolute atomic E-state index is 0.339. The third-order valence-electron chi connectivity index (χ3n) is 18.3. The SMILES string of the molecule is BrCc1ccccc1.CC(C)c1cc(OCc2ccccc2)ccc1B1OC(C)(C)C(C)(C)O1.CC(C)c1cc(OCc2ccccc2)ccc1Br.CC(C)c1cccc(O)c1.CC(C)c1cccc(OCc2ccccc2)c1.CC1(C)OB(B2OC(C)(C)C(C)(C)O2)OC1(C)C.ClC(Cl)(Cl)Cl. The molecule has 11 rings (SSSR count). The Bertz CT molecular complexity index is 3660. The molecule has 3 aliphatic rings. The van der Waals surface area contributed by atoms with Gasteiger partial charge in [-0.05, 0) is 211 Å². The molecule has 550 valence electrons. The highest BCUT2D eigenvalue weighted by Gasteiger charge is 2.64. The summed E-state index contributed by atoms with van der Waals surface area (Å²) in [4.78, 5) is 0. The third-order valence-corrected chi connectivity index (χ3v) is 19.7. The zero-order chi connectivity index (χ0) is 75.9. The van der Waals surface area contributed by atoms with Crippen molar-refractivity contribution >= 4 is 105 Å². The van der Waals surface area contributed by atoms with Crippen LogP contribution in [0.4, 0.5) is 0 Å². The van der Waals surface area contributed by atoms with Crippen LogP contribution in [0.25, 0.3) is 0 Å². The highest BCUT2D eigenvalue weighted by Crippen LogP contribution is 2.44. The minimum Gasteiger partial charge on any atom is -0.508 e. The number of phenolic OH excluding ortho intramolecular Hbond substituents is 1. The molecular weight excluding hydrogens is 1490 g/mol. The van der Waals surface area contributed by atoms with Gasteiger partial charge in [0.25, 0.3) is 3.25 Å². The van der Waals surface area contributed by atoms with Gasteiger partial charge in [-0.15, -0.1) is 0 Å².